The van der Waals surface area contributed by atoms with Crippen molar-refractivity contribution in [2.24, 2.45) is 17.3 Å². The van der Waals surface area contributed by atoms with Gasteiger partial charge in [0.15, 0.2) is 5.78 Å². The number of fused-ring (bicyclic) bond motifs is 2. The van der Waals surface area contributed by atoms with Gasteiger partial charge >= 0.3 is 17.9 Å². The smallest absolute Gasteiger partial charge is 0.317 e. The largest absolute Gasteiger partial charge is 0.460 e. The van der Waals surface area contributed by atoms with Crippen LogP contribution >= 0.6 is 0 Å². The van der Waals surface area contributed by atoms with Crippen LogP contribution in [0.5, 0.6) is 0 Å². The van der Waals surface area contributed by atoms with Crippen molar-refractivity contribution in [1.82, 2.24) is 0 Å². The first-order chi connectivity index (χ1) is 12.7. The first-order valence-electron chi connectivity index (χ1n) is 9.60. The maximum Gasteiger partial charge on any atom is 0.317 e. The van der Waals surface area contributed by atoms with E-state index in [0.29, 0.717) is 17.6 Å². The van der Waals surface area contributed by atoms with E-state index in [2.05, 4.69) is 0 Å². The molecule has 2 aliphatic heterocycles. The quantitative estimate of drug-likeness (QED) is 0.526. The van der Waals surface area contributed by atoms with Gasteiger partial charge in [0, 0.05) is 12.0 Å². The molecular formula is C21H28O7. The summed E-state index contributed by atoms with van der Waals surface area (Å²) in [6, 6.07) is 0. The van der Waals surface area contributed by atoms with Gasteiger partial charge in [-0.25, -0.2) is 0 Å². The summed E-state index contributed by atoms with van der Waals surface area (Å²) in [7, 11) is 0. The van der Waals surface area contributed by atoms with Crippen molar-refractivity contribution in [3.05, 3.63) is 11.1 Å². The Morgan fingerprint density at radius 3 is 2.04 bits per heavy atom. The lowest BCUT2D eigenvalue weighted by Gasteiger charge is -2.51. The number of ketones is 1. The molecule has 4 rings (SSSR count). The molecule has 0 amide bonds. The highest BCUT2D eigenvalue weighted by atomic mass is 16.6. The van der Waals surface area contributed by atoms with Crippen molar-refractivity contribution in [2.45, 2.75) is 78.6 Å². The summed E-state index contributed by atoms with van der Waals surface area (Å²) < 4.78 is 16.6. The number of esters is 3. The van der Waals surface area contributed by atoms with E-state index >= 15 is 0 Å². The van der Waals surface area contributed by atoms with Crippen molar-refractivity contribution in [1.29, 1.82) is 0 Å². The molecule has 0 aromatic carbocycles. The number of carbonyl (C=O) groups excluding carboxylic acids is 4. The van der Waals surface area contributed by atoms with Crippen molar-refractivity contribution >= 4 is 23.7 Å². The molecule has 7 heteroatoms. The van der Waals surface area contributed by atoms with Gasteiger partial charge in [0.1, 0.15) is 28.6 Å². The second-order valence-corrected chi connectivity index (χ2v) is 9.91. The molecular weight excluding hydrogens is 364 g/mol. The normalized spacial score (nSPS) is 32.2. The molecule has 0 unspecified atom stereocenters. The molecule has 1 saturated heterocycles. The van der Waals surface area contributed by atoms with Gasteiger partial charge in [-0.05, 0) is 60.5 Å². The summed E-state index contributed by atoms with van der Waals surface area (Å²) in [4.78, 5) is 51.6. The molecule has 1 fully saturated rings. The predicted octanol–water partition coefficient (Wildman–Crippen LogP) is 2.51. The Labute approximate surface area is 164 Å². The minimum atomic E-state index is -1.42. The summed E-state index contributed by atoms with van der Waals surface area (Å²) in [5, 5.41) is 0. The first-order valence-corrected chi connectivity index (χ1v) is 9.60. The van der Waals surface area contributed by atoms with Gasteiger partial charge in [-0.15, -0.1) is 0 Å². The number of hydrogen-bond donors (Lipinski definition) is 0. The van der Waals surface area contributed by atoms with E-state index in [1.807, 2.05) is 0 Å². The topological polar surface area (TPSA) is 96.0 Å². The molecule has 0 N–H and O–H groups in total. The summed E-state index contributed by atoms with van der Waals surface area (Å²) >= 11 is 0. The van der Waals surface area contributed by atoms with Crippen molar-refractivity contribution in [3.63, 3.8) is 0 Å². The van der Waals surface area contributed by atoms with E-state index in [1.54, 1.807) is 48.5 Å². The Hall–Kier alpha value is -2.18. The Morgan fingerprint density at radius 1 is 0.964 bits per heavy atom. The summed E-state index contributed by atoms with van der Waals surface area (Å²) in [5.74, 6) is -4.27. The Kier molecular flexibility index (Phi) is 4.52. The molecule has 154 valence electrons. The predicted molar refractivity (Wildman–Crippen MR) is 97.9 cm³/mol. The fourth-order valence-electron chi connectivity index (χ4n) is 4.44. The Morgan fingerprint density at radius 2 is 1.50 bits per heavy atom. The zero-order valence-corrected chi connectivity index (χ0v) is 17.5. The Bertz CT molecular complexity index is 793. The zero-order valence-electron chi connectivity index (χ0n) is 17.5. The monoisotopic (exact) mass is 392 g/mol. The SMILES string of the molecule is CC(C)(C)OC(=O)[C@@H]1[C@@H](C(=O)OC(C)(C)C)[C@]2(C)C(=O)O[C@H]1C1=C2CCC1=O. The van der Waals surface area contributed by atoms with Gasteiger partial charge in [0.05, 0.1) is 5.92 Å². The van der Waals surface area contributed by atoms with Crippen LogP contribution in [0, 0.1) is 17.3 Å². The van der Waals surface area contributed by atoms with Crippen LogP contribution in [0.25, 0.3) is 0 Å². The third-order valence-corrected chi connectivity index (χ3v) is 5.44. The molecule has 2 bridgehead atoms. The Balaban J connectivity index is 2.14. The molecule has 4 aliphatic rings. The highest BCUT2D eigenvalue weighted by molar-refractivity contribution is 6.07. The minimum absolute atomic E-state index is 0.144. The summed E-state index contributed by atoms with van der Waals surface area (Å²) in [6.07, 6.45) is -0.474. The van der Waals surface area contributed by atoms with Crippen LogP contribution in [-0.2, 0) is 33.4 Å². The van der Waals surface area contributed by atoms with E-state index in [4.69, 9.17) is 14.2 Å². The molecule has 2 heterocycles. The van der Waals surface area contributed by atoms with E-state index in [0.717, 1.165) is 0 Å². The van der Waals surface area contributed by atoms with E-state index in [1.165, 1.54) is 0 Å². The van der Waals surface area contributed by atoms with Gasteiger partial charge in [0.2, 0.25) is 0 Å². The molecule has 28 heavy (non-hydrogen) atoms. The van der Waals surface area contributed by atoms with Crippen LogP contribution in [0.2, 0.25) is 0 Å². The fraction of sp³-hybridized carbons (Fsp3) is 0.714. The zero-order chi connectivity index (χ0) is 21.2. The second-order valence-electron chi connectivity index (χ2n) is 9.91. The van der Waals surface area contributed by atoms with Crippen molar-refractivity contribution < 1.29 is 33.4 Å². The second kappa shape index (κ2) is 6.16. The fourth-order valence-corrected chi connectivity index (χ4v) is 4.44. The minimum Gasteiger partial charge on any atom is -0.460 e. The summed E-state index contributed by atoms with van der Waals surface area (Å²) in [6.45, 7) is 11.9. The number of ether oxygens (including phenoxy) is 3. The number of hydrogen-bond acceptors (Lipinski definition) is 7. The molecule has 4 atom stereocenters. The molecule has 0 aromatic rings. The number of Topliss-reactive ketones (excluding diaryl/α,β-unsaturated/α-hetero) is 1. The van der Waals surface area contributed by atoms with Gasteiger partial charge in [-0.3, -0.25) is 19.2 Å². The lowest BCUT2D eigenvalue weighted by atomic mass is 9.57. The van der Waals surface area contributed by atoms with Crippen LogP contribution in [0.1, 0.15) is 61.3 Å². The number of carbonyl (C=O) groups is 4. The van der Waals surface area contributed by atoms with Crippen molar-refractivity contribution in [3.8, 4) is 0 Å². The van der Waals surface area contributed by atoms with E-state index < -0.39 is 52.5 Å². The van der Waals surface area contributed by atoms with Crippen LogP contribution in [0.3, 0.4) is 0 Å². The molecule has 2 aliphatic carbocycles. The van der Waals surface area contributed by atoms with Crippen molar-refractivity contribution in [2.75, 3.05) is 0 Å². The molecule has 7 nitrogen and oxygen atoms in total. The van der Waals surface area contributed by atoms with Crippen LogP contribution in [0.4, 0.5) is 0 Å². The van der Waals surface area contributed by atoms with Gasteiger partial charge in [-0.2, -0.15) is 0 Å². The molecule has 0 radical (unpaired) electrons. The highest BCUT2D eigenvalue weighted by Crippen LogP contribution is 2.58. The molecule has 0 aromatic heterocycles. The summed E-state index contributed by atoms with van der Waals surface area (Å²) in [5.41, 5.74) is -2.05. The third kappa shape index (κ3) is 3.14. The standard InChI is InChI=1S/C21H28O7/c1-19(2,3)27-16(23)13-14(17(24)28-20(4,5)6)21(7)10-8-9-11(22)12(10)15(13)26-18(21)25/h13-15H,8-9H2,1-7H3/t13-,14+,15+,21-/m1/s1. The maximum atomic E-state index is 13.2. The highest BCUT2D eigenvalue weighted by Gasteiger charge is 2.69. The average molecular weight is 392 g/mol. The van der Waals surface area contributed by atoms with E-state index in [9.17, 15) is 19.2 Å². The van der Waals surface area contributed by atoms with Gasteiger partial charge in [0.25, 0.3) is 0 Å². The van der Waals surface area contributed by atoms with E-state index in [-0.39, 0.29) is 12.2 Å². The maximum absolute atomic E-state index is 13.2. The number of rotatable bonds is 2. The van der Waals surface area contributed by atoms with Crippen LogP contribution in [-0.4, -0.2) is 41.0 Å². The van der Waals surface area contributed by atoms with Crippen LogP contribution in [0.15, 0.2) is 11.1 Å². The van der Waals surface area contributed by atoms with Crippen LogP contribution < -0.4 is 0 Å². The van der Waals surface area contributed by atoms with Gasteiger partial charge < -0.3 is 14.2 Å². The third-order valence-electron chi connectivity index (χ3n) is 5.44. The average Bonchev–Trinajstić information content (AvgIpc) is 2.88. The van der Waals surface area contributed by atoms with Gasteiger partial charge in [-0.1, -0.05) is 0 Å². The molecule has 0 saturated carbocycles. The first kappa shape index (κ1) is 20.6. The lowest BCUT2D eigenvalue weighted by molar-refractivity contribution is -0.206. The molecule has 0 spiro atoms. The lowest BCUT2D eigenvalue weighted by Crippen LogP contribution is -2.63.